The van der Waals surface area contributed by atoms with Crippen LogP contribution in [-0.4, -0.2) is 19.0 Å². The van der Waals surface area contributed by atoms with Crippen molar-refractivity contribution in [2.24, 2.45) is 5.92 Å². The van der Waals surface area contributed by atoms with Gasteiger partial charge >= 0.3 is 0 Å². The lowest BCUT2D eigenvalue weighted by Crippen LogP contribution is -2.48. The molecule has 16 heavy (non-hydrogen) atoms. The second-order valence-electron chi connectivity index (χ2n) is 3.93. The van der Waals surface area contributed by atoms with Crippen LogP contribution in [0, 0.1) is 18.7 Å². The predicted octanol–water partition coefficient (Wildman–Crippen LogP) is 2.05. The van der Waals surface area contributed by atoms with Crippen molar-refractivity contribution in [1.29, 1.82) is 0 Å². The highest BCUT2D eigenvalue weighted by molar-refractivity contribution is 9.10. The van der Waals surface area contributed by atoms with Gasteiger partial charge < -0.3 is 10.6 Å². The number of aryl methyl sites for hydroxylation is 1. The number of anilines is 1. The first-order chi connectivity index (χ1) is 7.58. The molecule has 0 saturated carbocycles. The lowest BCUT2D eigenvalue weighted by atomic mass is 10.0. The van der Waals surface area contributed by atoms with Crippen LogP contribution >= 0.6 is 15.9 Å². The van der Waals surface area contributed by atoms with E-state index in [2.05, 4.69) is 26.6 Å². The Kier molecular flexibility index (Phi) is 3.25. The van der Waals surface area contributed by atoms with Gasteiger partial charge in [0.1, 0.15) is 5.82 Å². The van der Waals surface area contributed by atoms with Crippen LogP contribution in [0.1, 0.15) is 5.56 Å². The fourth-order valence-corrected chi connectivity index (χ4v) is 1.95. The second-order valence-corrected chi connectivity index (χ2v) is 4.78. The number of nitrogens with one attached hydrogen (secondary N) is 2. The Labute approximate surface area is 102 Å². The van der Waals surface area contributed by atoms with Gasteiger partial charge in [0.2, 0.25) is 5.91 Å². The molecule has 86 valence electrons. The highest BCUT2D eigenvalue weighted by Gasteiger charge is 2.25. The maximum absolute atomic E-state index is 13.3. The Morgan fingerprint density at radius 1 is 1.56 bits per heavy atom. The molecule has 1 fully saturated rings. The van der Waals surface area contributed by atoms with Crippen LogP contribution in [-0.2, 0) is 4.79 Å². The minimum absolute atomic E-state index is 0.00566. The van der Waals surface area contributed by atoms with Crippen LogP contribution in [0.5, 0.6) is 0 Å². The minimum atomic E-state index is -0.368. The molecule has 1 heterocycles. The van der Waals surface area contributed by atoms with E-state index in [0.717, 1.165) is 5.56 Å². The van der Waals surface area contributed by atoms with Gasteiger partial charge in [-0.3, -0.25) is 4.79 Å². The van der Waals surface area contributed by atoms with E-state index in [9.17, 15) is 9.18 Å². The van der Waals surface area contributed by atoms with Crippen LogP contribution in [0.15, 0.2) is 16.6 Å². The van der Waals surface area contributed by atoms with E-state index in [4.69, 9.17) is 0 Å². The van der Waals surface area contributed by atoms with Gasteiger partial charge in [-0.15, -0.1) is 0 Å². The molecule has 1 saturated heterocycles. The molecule has 0 spiro atoms. The molecular formula is C11H12BrFN2O. The van der Waals surface area contributed by atoms with Gasteiger partial charge in [0.15, 0.2) is 0 Å². The summed E-state index contributed by atoms with van der Waals surface area (Å²) in [6, 6.07) is 2.99. The first-order valence-electron chi connectivity index (χ1n) is 5.05. The van der Waals surface area contributed by atoms with E-state index in [0.29, 0.717) is 23.2 Å². The van der Waals surface area contributed by atoms with E-state index in [1.54, 1.807) is 6.07 Å². The van der Waals surface area contributed by atoms with Crippen molar-refractivity contribution >= 4 is 27.5 Å². The smallest absolute Gasteiger partial charge is 0.230 e. The van der Waals surface area contributed by atoms with Gasteiger partial charge in [-0.2, -0.15) is 0 Å². The van der Waals surface area contributed by atoms with Crippen molar-refractivity contribution < 1.29 is 9.18 Å². The summed E-state index contributed by atoms with van der Waals surface area (Å²) in [6.45, 7) is 3.23. The predicted molar refractivity (Wildman–Crippen MR) is 63.8 cm³/mol. The molecule has 2 N–H and O–H groups in total. The lowest BCUT2D eigenvalue weighted by molar-refractivity contribution is -0.121. The SMILES string of the molecule is Cc1cc(Br)c(F)cc1NC(=O)C1CNC1. The highest BCUT2D eigenvalue weighted by atomic mass is 79.9. The average Bonchev–Trinajstić information content (AvgIpc) is 2.11. The molecule has 2 rings (SSSR count). The molecule has 1 amide bonds. The number of hydrogen-bond acceptors (Lipinski definition) is 2. The summed E-state index contributed by atoms with van der Waals surface area (Å²) >= 11 is 3.10. The van der Waals surface area contributed by atoms with Crippen LogP contribution in [0.2, 0.25) is 0 Å². The number of carbonyl (C=O) groups excluding carboxylic acids is 1. The van der Waals surface area contributed by atoms with E-state index in [1.165, 1.54) is 6.07 Å². The topological polar surface area (TPSA) is 41.1 Å². The molecule has 3 nitrogen and oxygen atoms in total. The van der Waals surface area contributed by atoms with Gasteiger partial charge in [-0.25, -0.2) is 4.39 Å². The van der Waals surface area contributed by atoms with E-state index in [1.807, 2.05) is 6.92 Å². The van der Waals surface area contributed by atoms with Crippen molar-refractivity contribution in [1.82, 2.24) is 5.32 Å². The fourth-order valence-electron chi connectivity index (χ4n) is 1.49. The third kappa shape index (κ3) is 2.25. The van der Waals surface area contributed by atoms with Crippen LogP contribution < -0.4 is 10.6 Å². The average molecular weight is 287 g/mol. The first-order valence-corrected chi connectivity index (χ1v) is 5.84. The van der Waals surface area contributed by atoms with Crippen molar-refractivity contribution in [3.05, 3.63) is 28.0 Å². The summed E-state index contributed by atoms with van der Waals surface area (Å²) < 4.78 is 13.7. The Hall–Kier alpha value is -0.940. The van der Waals surface area contributed by atoms with Gasteiger partial charge in [-0.05, 0) is 40.5 Å². The van der Waals surface area contributed by atoms with Crippen molar-refractivity contribution in [2.45, 2.75) is 6.92 Å². The Bertz CT molecular complexity index is 432. The number of benzene rings is 1. The summed E-state index contributed by atoms with van der Waals surface area (Å²) in [5.74, 6) is -0.415. The zero-order valence-corrected chi connectivity index (χ0v) is 10.4. The molecule has 0 aromatic heterocycles. The summed E-state index contributed by atoms with van der Waals surface area (Å²) in [5, 5.41) is 5.76. The molecule has 1 aliphatic rings. The molecule has 0 aliphatic carbocycles. The molecule has 5 heteroatoms. The zero-order valence-electron chi connectivity index (χ0n) is 8.81. The van der Waals surface area contributed by atoms with Gasteiger partial charge in [-0.1, -0.05) is 0 Å². The number of rotatable bonds is 2. The highest BCUT2D eigenvalue weighted by Crippen LogP contribution is 2.24. The molecule has 1 aromatic rings. The monoisotopic (exact) mass is 286 g/mol. The van der Waals surface area contributed by atoms with Gasteiger partial charge in [0.25, 0.3) is 0 Å². The Morgan fingerprint density at radius 3 is 2.81 bits per heavy atom. The van der Waals surface area contributed by atoms with E-state index >= 15 is 0 Å². The van der Waals surface area contributed by atoms with Crippen LogP contribution in [0.3, 0.4) is 0 Å². The lowest BCUT2D eigenvalue weighted by Gasteiger charge is -2.26. The standard InChI is InChI=1S/C11H12BrFN2O/c1-6-2-8(12)9(13)3-10(6)15-11(16)7-4-14-5-7/h2-3,7,14H,4-5H2,1H3,(H,15,16). The van der Waals surface area contributed by atoms with E-state index in [-0.39, 0.29) is 17.6 Å². The van der Waals surface area contributed by atoms with Crippen LogP contribution in [0.4, 0.5) is 10.1 Å². The molecule has 0 atom stereocenters. The maximum Gasteiger partial charge on any atom is 0.230 e. The molecule has 1 aliphatic heterocycles. The summed E-state index contributed by atoms with van der Waals surface area (Å²) in [5.41, 5.74) is 1.38. The second kappa shape index (κ2) is 4.51. The quantitative estimate of drug-likeness (QED) is 0.874. The molecule has 0 bridgehead atoms. The normalized spacial score (nSPS) is 15.7. The summed E-state index contributed by atoms with van der Waals surface area (Å²) in [7, 11) is 0. The van der Waals surface area contributed by atoms with Gasteiger partial charge in [0.05, 0.1) is 10.4 Å². The maximum atomic E-state index is 13.3. The van der Waals surface area contributed by atoms with E-state index < -0.39 is 0 Å². The largest absolute Gasteiger partial charge is 0.325 e. The molecule has 0 radical (unpaired) electrons. The Balaban J connectivity index is 2.14. The van der Waals surface area contributed by atoms with Crippen LogP contribution in [0.25, 0.3) is 0 Å². The Morgan fingerprint density at radius 2 is 2.25 bits per heavy atom. The zero-order chi connectivity index (χ0) is 11.7. The third-order valence-corrected chi connectivity index (χ3v) is 3.29. The minimum Gasteiger partial charge on any atom is -0.325 e. The summed E-state index contributed by atoms with van der Waals surface area (Å²) in [6.07, 6.45) is 0. The van der Waals surface area contributed by atoms with Crippen molar-refractivity contribution in [3.63, 3.8) is 0 Å². The molecular weight excluding hydrogens is 275 g/mol. The first kappa shape index (κ1) is 11.5. The summed E-state index contributed by atoms with van der Waals surface area (Å²) in [4.78, 5) is 11.7. The number of carbonyl (C=O) groups is 1. The van der Waals surface area contributed by atoms with Crippen molar-refractivity contribution in [3.8, 4) is 0 Å². The van der Waals surface area contributed by atoms with Crippen molar-refractivity contribution in [2.75, 3.05) is 18.4 Å². The molecule has 0 unspecified atom stereocenters. The fraction of sp³-hybridized carbons (Fsp3) is 0.364. The van der Waals surface area contributed by atoms with Gasteiger partial charge in [0, 0.05) is 18.8 Å². The number of halogens is 2. The molecule has 1 aromatic carbocycles. The number of hydrogen-bond donors (Lipinski definition) is 2. The third-order valence-electron chi connectivity index (χ3n) is 2.68. The number of amides is 1.